The molecule has 0 saturated heterocycles. The quantitative estimate of drug-likeness (QED) is 0.245. The van der Waals surface area contributed by atoms with Crippen molar-refractivity contribution in [2.45, 2.75) is 0 Å². The molecule has 5 aromatic rings. The molecule has 2 nitrogen and oxygen atoms in total. The van der Waals surface area contributed by atoms with Crippen molar-refractivity contribution in [3.05, 3.63) is 72.8 Å². The van der Waals surface area contributed by atoms with E-state index < -0.39 is 0 Å². The van der Waals surface area contributed by atoms with Crippen molar-refractivity contribution < 1.29 is 20.1 Å². The minimum absolute atomic E-state index is 0. The Labute approximate surface area is 140 Å². The SMILES string of the molecule is [Ir].[c-]1cccc2c1c1nc3ccccc3n1c1ccccc21. The second kappa shape index (κ2) is 4.91. The van der Waals surface area contributed by atoms with Crippen LogP contribution in [0.3, 0.4) is 0 Å². The fraction of sp³-hybridized carbons (Fsp3) is 0. The van der Waals surface area contributed by atoms with Gasteiger partial charge in [-0.25, -0.2) is 0 Å². The van der Waals surface area contributed by atoms with Gasteiger partial charge in [0.2, 0.25) is 0 Å². The van der Waals surface area contributed by atoms with Gasteiger partial charge in [-0.3, -0.25) is 4.98 Å². The maximum atomic E-state index is 4.83. The zero-order valence-corrected chi connectivity index (χ0v) is 14.0. The first-order chi connectivity index (χ1) is 10.4. The van der Waals surface area contributed by atoms with Gasteiger partial charge in [-0.2, -0.15) is 0 Å². The topological polar surface area (TPSA) is 17.3 Å². The summed E-state index contributed by atoms with van der Waals surface area (Å²) in [7, 11) is 0. The summed E-state index contributed by atoms with van der Waals surface area (Å²) in [5, 5.41) is 3.52. The van der Waals surface area contributed by atoms with Gasteiger partial charge in [-0.15, -0.1) is 29.7 Å². The van der Waals surface area contributed by atoms with Gasteiger partial charge < -0.3 is 4.40 Å². The zero-order valence-electron chi connectivity index (χ0n) is 11.6. The Morgan fingerprint density at radius 3 is 2.41 bits per heavy atom. The van der Waals surface area contributed by atoms with Gasteiger partial charge in [-0.05, 0) is 23.6 Å². The van der Waals surface area contributed by atoms with Crippen LogP contribution in [0, 0.1) is 6.07 Å². The van der Waals surface area contributed by atoms with Crippen molar-refractivity contribution in [2.75, 3.05) is 0 Å². The van der Waals surface area contributed by atoms with Crippen molar-refractivity contribution in [3.8, 4) is 0 Å². The molecule has 0 unspecified atom stereocenters. The predicted octanol–water partition coefficient (Wildman–Crippen LogP) is 4.59. The summed E-state index contributed by atoms with van der Waals surface area (Å²) in [5.74, 6) is 0. The van der Waals surface area contributed by atoms with E-state index in [0.717, 1.165) is 22.1 Å². The maximum Gasteiger partial charge on any atom is 0.0774 e. The third-order valence-electron chi connectivity index (χ3n) is 4.08. The van der Waals surface area contributed by atoms with Gasteiger partial charge in [-0.1, -0.05) is 35.7 Å². The summed E-state index contributed by atoms with van der Waals surface area (Å²) in [5.41, 5.74) is 4.33. The molecule has 0 aliphatic rings. The van der Waals surface area contributed by atoms with Crippen molar-refractivity contribution in [1.29, 1.82) is 0 Å². The van der Waals surface area contributed by atoms with Gasteiger partial charge in [0.15, 0.2) is 0 Å². The molecule has 0 spiro atoms. The second-order valence-electron chi connectivity index (χ2n) is 5.24. The first-order valence-corrected chi connectivity index (χ1v) is 7.02. The summed E-state index contributed by atoms with van der Waals surface area (Å²) in [6.07, 6.45) is 0. The number of imidazole rings is 1. The minimum atomic E-state index is 0. The minimum Gasteiger partial charge on any atom is -0.333 e. The molecule has 5 rings (SSSR count). The van der Waals surface area contributed by atoms with Crippen LogP contribution >= 0.6 is 0 Å². The average molecular weight is 460 g/mol. The molecule has 0 atom stereocenters. The van der Waals surface area contributed by atoms with Crippen LogP contribution in [0.2, 0.25) is 0 Å². The summed E-state index contributed by atoms with van der Waals surface area (Å²) >= 11 is 0. The molecule has 1 radical (unpaired) electrons. The summed E-state index contributed by atoms with van der Waals surface area (Å²) in [6.45, 7) is 0. The molecular formula is C19H11IrN2-. The number of benzene rings is 3. The molecule has 0 saturated carbocycles. The summed E-state index contributed by atoms with van der Waals surface area (Å²) in [6, 6.07) is 26.3. The number of aromatic nitrogens is 2. The Hall–Kier alpha value is -2.22. The van der Waals surface area contributed by atoms with Gasteiger partial charge in [0.25, 0.3) is 0 Å². The molecule has 0 bridgehead atoms. The number of fused-ring (bicyclic) bond motifs is 8. The molecule has 3 heteroatoms. The van der Waals surface area contributed by atoms with Crippen molar-refractivity contribution in [3.63, 3.8) is 0 Å². The summed E-state index contributed by atoms with van der Waals surface area (Å²) < 4.78 is 2.24. The normalized spacial score (nSPS) is 11.3. The Balaban J connectivity index is 0.00000125. The number of rotatable bonds is 0. The molecule has 0 aliphatic heterocycles. The first kappa shape index (κ1) is 13.4. The number of hydrogen-bond donors (Lipinski definition) is 0. The monoisotopic (exact) mass is 460 g/mol. The van der Waals surface area contributed by atoms with Gasteiger partial charge in [0.1, 0.15) is 0 Å². The average Bonchev–Trinajstić information content (AvgIpc) is 2.95. The van der Waals surface area contributed by atoms with E-state index in [1.165, 1.54) is 16.3 Å². The molecule has 0 N–H and O–H groups in total. The van der Waals surface area contributed by atoms with Crippen LogP contribution in [-0.2, 0) is 20.1 Å². The van der Waals surface area contributed by atoms with Gasteiger partial charge in [0, 0.05) is 25.6 Å². The maximum absolute atomic E-state index is 4.83. The van der Waals surface area contributed by atoms with Crippen LogP contribution in [0.1, 0.15) is 0 Å². The van der Waals surface area contributed by atoms with Crippen molar-refractivity contribution in [1.82, 2.24) is 9.38 Å². The van der Waals surface area contributed by atoms with Crippen LogP contribution < -0.4 is 0 Å². The van der Waals surface area contributed by atoms with E-state index in [9.17, 15) is 0 Å². The van der Waals surface area contributed by atoms with E-state index in [1.807, 2.05) is 18.2 Å². The van der Waals surface area contributed by atoms with E-state index in [4.69, 9.17) is 4.98 Å². The molecule has 0 aliphatic carbocycles. The van der Waals surface area contributed by atoms with Gasteiger partial charge in [0.05, 0.1) is 16.7 Å². The summed E-state index contributed by atoms with van der Waals surface area (Å²) in [4.78, 5) is 4.83. The first-order valence-electron chi connectivity index (χ1n) is 7.02. The molecule has 22 heavy (non-hydrogen) atoms. The Morgan fingerprint density at radius 1 is 0.773 bits per heavy atom. The Bertz CT molecular complexity index is 1140. The Kier molecular flexibility index (Phi) is 3.00. The van der Waals surface area contributed by atoms with Crippen LogP contribution in [0.5, 0.6) is 0 Å². The van der Waals surface area contributed by atoms with E-state index in [1.54, 1.807) is 0 Å². The number of pyridine rings is 1. The standard InChI is InChI=1S/C19H11N2.Ir/c1-2-9-15-13(7-1)14-8-3-5-11-17(14)21-18-12-6-4-10-16(18)20-19(15)21;/h1-8,10-12H;/q-1;. The van der Waals surface area contributed by atoms with E-state index >= 15 is 0 Å². The van der Waals surface area contributed by atoms with E-state index in [2.05, 4.69) is 59.0 Å². The number of hydrogen-bond acceptors (Lipinski definition) is 1. The van der Waals surface area contributed by atoms with E-state index in [0.29, 0.717) is 0 Å². The molecular weight excluding hydrogens is 448 g/mol. The fourth-order valence-corrected chi connectivity index (χ4v) is 3.18. The zero-order chi connectivity index (χ0) is 13.8. The molecule has 2 aromatic heterocycles. The van der Waals surface area contributed by atoms with Crippen LogP contribution in [-0.4, -0.2) is 9.38 Å². The smallest absolute Gasteiger partial charge is 0.0774 e. The number of nitrogens with zero attached hydrogens (tertiary/aromatic N) is 2. The Morgan fingerprint density at radius 2 is 1.50 bits per heavy atom. The third kappa shape index (κ3) is 1.67. The molecule has 0 amide bonds. The van der Waals surface area contributed by atoms with E-state index in [-0.39, 0.29) is 20.1 Å². The fourth-order valence-electron chi connectivity index (χ4n) is 3.18. The van der Waals surface area contributed by atoms with Crippen LogP contribution in [0.15, 0.2) is 66.7 Å². The van der Waals surface area contributed by atoms with Crippen LogP contribution in [0.4, 0.5) is 0 Å². The number of para-hydroxylation sites is 3. The van der Waals surface area contributed by atoms with Crippen molar-refractivity contribution >= 4 is 38.4 Å². The molecule has 107 valence electrons. The largest absolute Gasteiger partial charge is 0.333 e. The third-order valence-corrected chi connectivity index (χ3v) is 4.08. The molecule has 3 aromatic carbocycles. The van der Waals surface area contributed by atoms with Crippen LogP contribution in [0.25, 0.3) is 38.4 Å². The second-order valence-corrected chi connectivity index (χ2v) is 5.24. The predicted molar refractivity (Wildman–Crippen MR) is 86.5 cm³/mol. The van der Waals surface area contributed by atoms with Crippen molar-refractivity contribution in [2.24, 2.45) is 0 Å². The van der Waals surface area contributed by atoms with Gasteiger partial charge >= 0.3 is 0 Å². The molecule has 2 heterocycles. The molecule has 0 fully saturated rings.